The number of nitrogens with one attached hydrogen (secondary N) is 2. The molecule has 1 fully saturated rings. The number of nitrogens with two attached hydrogens (primary N) is 1. The second-order valence-corrected chi connectivity index (χ2v) is 5.87. The van der Waals surface area contributed by atoms with E-state index < -0.39 is 5.83 Å². The van der Waals surface area contributed by atoms with Crippen molar-refractivity contribution < 1.29 is 14.3 Å². The van der Waals surface area contributed by atoms with E-state index in [4.69, 9.17) is 9.93 Å². The number of nitrogens with zero attached hydrogens (tertiary/aromatic N) is 2. The van der Waals surface area contributed by atoms with E-state index in [2.05, 4.69) is 27.4 Å². The lowest BCUT2D eigenvalue weighted by Gasteiger charge is -2.18. The summed E-state index contributed by atoms with van der Waals surface area (Å²) >= 11 is 0. The number of allylic oxidation sites excluding steroid dienone is 2. The highest BCUT2D eigenvalue weighted by molar-refractivity contribution is 5.86. The summed E-state index contributed by atoms with van der Waals surface area (Å²) in [7, 11) is 0. The Morgan fingerprint density at radius 2 is 2.20 bits per heavy atom. The van der Waals surface area contributed by atoms with Crippen LogP contribution in [0.25, 0.3) is 11.4 Å². The summed E-state index contributed by atoms with van der Waals surface area (Å²) in [6.07, 6.45) is 6.16. The number of aromatic nitrogens is 2. The van der Waals surface area contributed by atoms with E-state index >= 15 is 0 Å². The van der Waals surface area contributed by atoms with Crippen molar-refractivity contribution in [2.24, 2.45) is 0 Å². The number of benzene rings is 1. The van der Waals surface area contributed by atoms with Gasteiger partial charge >= 0.3 is 0 Å². The minimum absolute atomic E-state index is 0.301. The molecule has 6 nitrogen and oxygen atoms in total. The van der Waals surface area contributed by atoms with Crippen LogP contribution in [0, 0.1) is 0 Å². The average molecular weight is 342 g/mol. The molecule has 7 heteroatoms. The van der Waals surface area contributed by atoms with Crippen LogP contribution in [0.4, 0.5) is 10.1 Å². The number of halogens is 1. The van der Waals surface area contributed by atoms with Crippen molar-refractivity contribution in [1.29, 1.82) is 0 Å². The predicted molar refractivity (Wildman–Crippen MR) is 94.7 cm³/mol. The molecule has 4 N–H and O–H groups in total. The van der Waals surface area contributed by atoms with Crippen LogP contribution in [0.1, 0.15) is 30.2 Å². The number of rotatable bonds is 6. The van der Waals surface area contributed by atoms with E-state index in [0.717, 1.165) is 37.1 Å². The van der Waals surface area contributed by atoms with E-state index in [1.807, 2.05) is 18.2 Å². The summed E-state index contributed by atoms with van der Waals surface area (Å²) in [5.41, 5.74) is 2.29. The molecule has 0 radical (unpaired) electrons. The van der Waals surface area contributed by atoms with Gasteiger partial charge in [-0.3, -0.25) is 5.41 Å². The number of hydrogen-bond acceptors (Lipinski definition) is 5. The van der Waals surface area contributed by atoms with Gasteiger partial charge in [-0.1, -0.05) is 17.8 Å². The molecule has 0 atom stereocenters. The van der Waals surface area contributed by atoms with Crippen LogP contribution in [0.5, 0.6) is 0 Å². The van der Waals surface area contributed by atoms with Crippen molar-refractivity contribution in [3.63, 3.8) is 0 Å². The topological polar surface area (TPSA) is 88.6 Å². The monoisotopic (exact) mass is 342 g/mol. The molecule has 0 saturated carbocycles. The minimum atomic E-state index is -0.535. The molecule has 3 rings (SSSR count). The van der Waals surface area contributed by atoms with Gasteiger partial charge in [-0.25, -0.2) is 4.39 Å². The van der Waals surface area contributed by atoms with E-state index in [0.29, 0.717) is 23.3 Å². The second-order valence-electron chi connectivity index (χ2n) is 5.87. The largest absolute Gasteiger partial charge is 0.361 e. The first-order valence-corrected chi connectivity index (χ1v) is 8.18. The van der Waals surface area contributed by atoms with E-state index in [1.165, 1.54) is 18.5 Å². The molecule has 1 aromatic heterocycles. The van der Waals surface area contributed by atoms with Gasteiger partial charge in [0.05, 0.1) is 11.3 Å². The predicted octanol–water partition coefficient (Wildman–Crippen LogP) is 1.79. The van der Waals surface area contributed by atoms with Crippen LogP contribution in [-0.2, 0) is 0 Å². The van der Waals surface area contributed by atoms with Gasteiger partial charge < -0.3 is 15.2 Å². The summed E-state index contributed by atoms with van der Waals surface area (Å²) in [6, 6.07) is 5.57. The summed E-state index contributed by atoms with van der Waals surface area (Å²) in [5.74, 6) is 0.968. The highest BCUT2D eigenvalue weighted by atomic mass is 19.1. The molecule has 25 heavy (non-hydrogen) atoms. The Labute approximate surface area is 145 Å². The van der Waals surface area contributed by atoms with Crippen LogP contribution >= 0.6 is 0 Å². The third kappa shape index (κ3) is 4.19. The van der Waals surface area contributed by atoms with Gasteiger partial charge in [0, 0.05) is 17.7 Å². The van der Waals surface area contributed by atoms with Gasteiger partial charge in [0.15, 0.2) is 6.21 Å². The minimum Gasteiger partial charge on any atom is -0.361 e. The second kappa shape index (κ2) is 7.85. The van der Waals surface area contributed by atoms with Crippen molar-refractivity contribution in [2.75, 3.05) is 18.4 Å². The Bertz CT molecular complexity index is 793. The molecule has 0 amide bonds. The molecule has 2 heterocycles. The molecular weight excluding hydrogens is 321 g/mol. The lowest BCUT2D eigenvalue weighted by atomic mass is 9.98. The fourth-order valence-corrected chi connectivity index (χ4v) is 2.77. The van der Waals surface area contributed by atoms with Crippen molar-refractivity contribution in [2.45, 2.75) is 18.8 Å². The summed E-state index contributed by atoms with van der Waals surface area (Å²) in [4.78, 5) is 4.54. The maximum absolute atomic E-state index is 12.7. The maximum Gasteiger partial charge on any atom is 0.230 e. The molecule has 0 unspecified atom stereocenters. The SMILES string of the molecule is C=C(F)/C=C/Nc1cc(-c2noc(C3CCNCC3)n2)ccc1C=[NH2+]. The Morgan fingerprint density at radius 3 is 2.92 bits per heavy atom. The molecule has 1 saturated heterocycles. The van der Waals surface area contributed by atoms with Gasteiger partial charge in [0.25, 0.3) is 0 Å². The average Bonchev–Trinajstić information content (AvgIpc) is 3.12. The van der Waals surface area contributed by atoms with Gasteiger partial charge in [0.2, 0.25) is 11.7 Å². The Hall–Kier alpha value is -2.80. The first-order chi connectivity index (χ1) is 12.2. The summed E-state index contributed by atoms with van der Waals surface area (Å²) in [6.45, 7) is 5.10. The Morgan fingerprint density at radius 1 is 1.40 bits per heavy atom. The third-order valence-electron chi connectivity index (χ3n) is 4.12. The normalized spacial score (nSPS) is 15.4. The van der Waals surface area contributed by atoms with Crippen LogP contribution < -0.4 is 16.0 Å². The maximum atomic E-state index is 12.7. The van der Waals surface area contributed by atoms with Gasteiger partial charge in [-0.15, -0.1) is 0 Å². The van der Waals surface area contributed by atoms with Crippen LogP contribution in [0.15, 0.2) is 47.4 Å². The number of piperidine rings is 1. The molecule has 1 aromatic carbocycles. The molecular formula is C18H21FN5O+. The van der Waals surface area contributed by atoms with Gasteiger partial charge in [-0.2, -0.15) is 4.98 Å². The molecule has 0 spiro atoms. The van der Waals surface area contributed by atoms with Crippen LogP contribution in [0.3, 0.4) is 0 Å². The Balaban J connectivity index is 1.83. The Kier molecular flexibility index (Phi) is 5.35. The molecule has 0 bridgehead atoms. The first-order valence-electron chi connectivity index (χ1n) is 8.18. The number of anilines is 1. The number of hydrogen-bond donors (Lipinski definition) is 3. The van der Waals surface area contributed by atoms with Crippen molar-refractivity contribution in [3.8, 4) is 11.4 Å². The lowest BCUT2D eigenvalue weighted by molar-refractivity contribution is -0.104. The standard InChI is InChI=1S/C18H20FN5O/c1-12(19)4-9-22-16-10-14(2-3-15(16)11-20)17-23-18(25-24-17)13-5-7-21-8-6-13/h2-4,9-11,13,20-22H,1,5-8H2/p+1/b9-4+,20-11?. The smallest absolute Gasteiger partial charge is 0.230 e. The zero-order valence-corrected chi connectivity index (χ0v) is 13.8. The zero-order valence-electron chi connectivity index (χ0n) is 13.8. The zero-order chi connectivity index (χ0) is 17.6. The van der Waals surface area contributed by atoms with E-state index in [-0.39, 0.29) is 0 Å². The van der Waals surface area contributed by atoms with Crippen molar-refractivity contribution in [3.05, 3.63) is 54.3 Å². The van der Waals surface area contributed by atoms with Crippen molar-refractivity contribution in [1.82, 2.24) is 15.5 Å². The first kappa shape index (κ1) is 17.0. The lowest BCUT2D eigenvalue weighted by Crippen LogP contribution is -2.30. The van der Waals surface area contributed by atoms with Crippen LogP contribution in [0.2, 0.25) is 0 Å². The fraction of sp³-hybridized carbons (Fsp3) is 0.278. The molecule has 2 aromatic rings. The highest BCUT2D eigenvalue weighted by Gasteiger charge is 2.22. The van der Waals surface area contributed by atoms with Crippen LogP contribution in [-0.4, -0.2) is 29.4 Å². The molecule has 130 valence electrons. The van der Waals surface area contributed by atoms with Crippen molar-refractivity contribution >= 4 is 11.9 Å². The fourth-order valence-electron chi connectivity index (χ4n) is 2.77. The van der Waals surface area contributed by atoms with Gasteiger partial charge in [0.1, 0.15) is 5.83 Å². The quantitative estimate of drug-likeness (QED) is 0.550. The highest BCUT2D eigenvalue weighted by Crippen LogP contribution is 2.27. The van der Waals surface area contributed by atoms with Gasteiger partial charge in [-0.05, 0) is 44.1 Å². The third-order valence-corrected chi connectivity index (χ3v) is 4.12. The van der Waals surface area contributed by atoms with E-state index in [1.54, 1.807) is 0 Å². The molecule has 1 aliphatic heterocycles. The summed E-state index contributed by atoms with van der Waals surface area (Å²) in [5, 5.41) is 16.0. The molecule has 1 aliphatic rings. The van der Waals surface area contributed by atoms with E-state index in [9.17, 15) is 4.39 Å². The molecule has 0 aliphatic carbocycles. The summed E-state index contributed by atoms with van der Waals surface area (Å²) < 4.78 is 18.2.